The van der Waals surface area contributed by atoms with Crippen molar-refractivity contribution in [3.63, 3.8) is 0 Å². The number of hydrogen-bond acceptors (Lipinski definition) is 1. The van der Waals surface area contributed by atoms with Crippen LogP contribution in [0.5, 0.6) is 0 Å². The molecule has 0 atom stereocenters. The SMILES string of the molecule is CCCCCC=CCC=CCC=CCC=CCCCC(=O)O.[H-].[K+]. The van der Waals surface area contributed by atoms with Crippen LogP contribution in [0.3, 0.4) is 0 Å². The molecule has 0 saturated heterocycles. The van der Waals surface area contributed by atoms with E-state index in [4.69, 9.17) is 5.11 Å². The maximum atomic E-state index is 10.3. The Labute approximate surface area is 186 Å². The van der Waals surface area contributed by atoms with Crippen LogP contribution >= 0.6 is 0 Å². The molecule has 0 aromatic rings. The fourth-order valence-electron chi connectivity index (χ4n) is 1.93. The summed E-state index contributed by atoms with van der Waals surface area (Å²) in [5.74, 6) is -0.712. The fraction of sp³-hybridized carbons (Fsp3) is 0.550. The van der Waals surface area contributed by atoms with Crippen LogP contribution in [0, 0.1) is 0 Å². The van der Waals surface area contributed by atoms with Gasteiger partial charge in [0.15, 0.2) is 0 Å². The predicted molar refractivity (Wildman–Crippen MR) is 97.2 cm³/mol. The molecule has 0 unspecified atom stereocenters. The molecular weight excluding hydrogens is 311 g/mol. The van der Waals surface area contributed by atoms with E-state index in [1.807, 2.05) is 0 Å². The van der Waals surface area contributed by atoms with E-state index in [0.717, 1.165) is 32.1 Å². The average Bonchev–Trinajstić information content (AvgIpc) is 2.50. The van der Waals surface area contributed by atoms with E-state index < -0.39 is 5.97 Å². The van der Waals surface area contributed by atoms with E-state index in [1.165, 1.54) is 25.7 Å². The first-order chi connectivity index (χ1) is 10.8. The Morgan fingerprint density at radius 3 is 1.65 bits per heavy atom. The summed E-state index contributed by atoms with van der Waals surface area (Å²) < 4.78 is 0. The zero-order valence-corrected chi connectivity index (χ0v) is 18.2. The first-order valence-electron chi connectivity index (χ1n) is 8.59. The Morgan fingerprint density at radius 2 is 1.22 bits per heavy atom. The van der Waals surface area contributed by atoms with Crippen molar-refractivity contribution in [3.8, 4) is 0 Å². The van der Waals surface area contributed by atoms with Crippen LogP contribution < -0.4 is 51.4 Å². The Balaban J connectivity index is -0.00000220. The zero-order valence-electron chi connectivity index (χ0n) is 16.0. The monoisotopic (exact) mass is 344 g/mol. The summed E-state index contributed by atoms with van der Waals surface area (Å²) >= 11 is 0. The summed E-state index contributed by atoms with van der Waals surface area (Å²) in [5, 5.41) is 8.49. The van der Waals surface area contributed by atoms with Crippen LogP contribution in [-0.2, 0) is 4.79 Å². The molecule has 0 amide bonds. The van der Waals surface area contributed by atoms with Gasteiger partial charge in [-0.25, -0.2) is 0 Å². The van der Waals surface area contributed by atoms with E-state index in [1.54, 1.807) is 0 Å². The van der Waals surface area contributed by atoms with Gasteiger partial charge in [0.1, 0.15) is 0 Å². The summed E-state index contributed by atoms with van der Waals surface area (Å²) in [4.78, 5) is 10.3. The van der Waals surface area contributed by atoms with Gasteiger partial charge in [-0.1, -0.05) is 68.4 Å². The number of unbranched alkanes of at least 4 members (excludes halogenated alkanes) is 4. The third kappa shape index (κ3) is 24.4. The molecule has 0 aromatic carbocycles. The number of allylic oxidation sites excluding steroid dienone is 8. The van der Waals surface area contributed by atoms with Gasteiger partial charge in [0, 0.05) is 6.42 Å². The Kier molecular flexibility index (Phi) is 24.3. The Hall–Kier alpha value is 0.0664. The molecule has 0 aliphatic rings. The maximum Gasteiger partial charge on any atom is 1.00 e. The van der Waals surface area contributed by atoms with Gasteiger partial charge in [-0.15, -0.1) is 0 Å². The molecule has 0 spiro atoms. The van der Waals surface area contributed by atoms with Crippen LogP contribution in [0.2, 0.25) is 0 Å². The Bertz CT molecular complexity index is 374. The van der Waals surface area contributed by atoms with E-state index >= 15 is 0 Å². The molecule has 0 radical (unpaired) electrons. The zero-order chi connectivity index (χ0) is 16.3. The molecule has 0 aliphatic carbocycles. The number of carbonyl (C=O) groups is 1. The first kappa shape index (κ1) is 25.3. The molecule has 1 N–H and O–H groups in total. The van der Waals surface area contributed by atoms with Crippen molar-refractivity contribution in [1.82, 2.24) is 0 Å². The van der Waals surface area contributed by atoms with Crippen molar-refractivity contribution in [2.24, 2.45) is 0 Å². The number of hydrogen-bond donors (Lipinski definition) is 1. The summed E-state index contributed by atoms with van der Waals surface area (Å²) in [6, 6.07) is 0. The minimum atomic E-state index is -0.712. The summed E-state index contributed by atoms with van der Waals surface area (Å²) in [6.45, 7) is 2.23. The molecule has 0 rings (SSSR count). The number of carboxylic acids is 1. The minimum Gasteiger partial charge on any atom is -1.00 e. The van der Waals surface area contributed by atoms with Crippen LogP contribution in [0.25, 0.3) is 0 Å². The third-order valence-electron chi connectivity index (χ3n) is 3.22. The van der Waals surface area contributed by atoms with E-state index in [0.29, 0.717) is 0 Å². The standard InChI is InChI=1S/C20H32O2.K.H/c1-2-3-4-5-6-7-8-9-10-11-12-13-14-15-16-17-18-19-20(21)22;;/h6-7,9-10,12-13,15-16H,2-5,8,11,14,17-19H2,1H3,(H,21,22);;/q;+1;-1. The third-order valence-corrected chi connectivity index (χ3v) is 3.22. The second-order valence-corrected chi connectivity index (χ2v) is 5.37. The molecule has 2 nitrogen and oxygen atoms in total. The second kappa shape index (κ2) is 22.1. The van der Waals surface area contributed by atoms with E-state index in [2.05, 4.69) is 55.5 Å². The van der Waals surface area contributed by atoms with E-state index in [-0.39, 0.29) is 59.2 Å². The van der Waals surface area contributed by atoms with Gasteiger partial charge in [0.25, 0.3) is 0 Å². The average molecular weight is 345 g/mol. The van der Waals surface area contributed by atoms with Crippen LogP contribution in [-0.4, -0.2) is 11.1 Å². The Morgan fingerprint density at radius 1 is 0.783 bits per heavy atom. The minimum absolute atomic E-state index is 0. The van der Waals surface area contributed by atoms with Crippen LogP contribution in [0.15, 0.2) is 48.6 Å². The van der Waals surface area contributed by atoms with Crippen molar-refractivity contribution in [1.29, 1.82) is 0 Å². The van der Waals surface area contributed by atoms with Crippen molar-refractivity contribution >= 4 is 5.97 Å². The van der Waals surface area contributed by atoms with Gasteiger partial charge in [-0.2, -0.15) is 0 Å². The summed E-state index contributed by atoms with van der Waals surface area (Å²) in [5.41, 5.74) is 0. The number of carboxylic acid groups (broad SMARTS) is 1. The second-order valence-electron chi connectivity index (χ2n) is 5.37. The molecule has 0 aliphatic heterocycles. The first-order valence-corrected chi connectivity index (χ1v) is 8.59. The summed E-state index contributed by atoms with van der Waals surface area (Å²) in [7, 11) is 0. The molecule has 3 heteroatoms. The van der Waals surface area contributed by atoms with Crippen LogP contribution in [0.4, 0.5) is 0 Å². The molecule has 23 heavy (non-hydrogen) atoms. The fourth-order valence-corrected chi connectivity index (χ4v) is 1.93. The predicted octanol–water partition coefficient (Wildman–Crippen LogP) is 3.33. The van der Waals surface area contributed by atoms with Gasteiger partial charge >= 0.3 is 57.4 Å². The molecular formula is C20H33KO2. The largest absolute Gasteiger partial charge is 1.00 e. The van der Waals surface area contributed by atoms with Crippen molar-refractivity contribution < 1.29 is 62.7 Å². The van der Waals surface area contributed by atoms with Gasteiger partial charge in [-0.3, -0.25) is 4.79 Å². The smallest absolute Gasteiger partial charge is 1.00 e. The topological polar surface area (TPSA) is 37.3 Å². The van der Waals surface area contributed by atoms with Gasteiger partial charge in [0.05, 0.1) is 0 Å². The van der Waals surface area contributed by atoms with Crippen molar-refractivity contribution in [2.45, 2.75) is 71.1 Å². The number of aliphatic carboxylic acids is 1. The maximum absolute atomic E-state index is 10.3. The normalized spacial score (nSPS) is 11.9. The van der Waals surface area contributed by atoms with E-state index in [9.17, 15) is 4.79 Å². The quantitative estimate of drug-likeness (QED) is 0.298. The molecule has 0 heterocycles. The summed E-state index contributed by atoms with van der Waals surface area (Å²) in [6.07, 6.45) is 27.3. The molecule has 126 valence electrons. The van der Waals surface area contributed by atoms with Gasteiger partial charge in [0.2, 0.25) is 0 Å². The van der Waals surface area contributed by atoms with Crippen molar-refractivity contribution in [3.05, 3.63) is 48.6 Å². The molecule has 0 fully saturated rings. The van der Waals surface area contributed by atoms with Crippen LogP contribution in [0.1, 0.15) is 72.6 Å². The molecule has 0 bridgehead atoms. The van der Waals surface area contributed by atoms with Crippen molar-refractivity contribution in [2.75, 3.05) is 0 Å². The molecule has 0 aromatic heterocycles. The molecule has 0 saturated carbocycles. The van der Waals surface area contributed by atoms with Gasteiger partial charge in [-0.05, 0) is 44.9 Å². The number of rotatable bonds is 14. The van der Waals surface area contributed by atoms with Gasteiger partial charge < -0.3 is 6.53 Å².